The molecule has 0 saturated heterocycles. The summed E-state index contributed by atoms with van der Waals surface area (Å²) < 4.78 is 0. The summed E-state index contributed by atoms with van der Waals surface area (Å²) >= 11 is 6.59. The zero-order chi connectivity index (χ0) is 18.1. The molecule has 4 aromatic carbocycles. The molecule has 4 aromatic rings. The van der Waals surface area contributed by atoms with Crippen LogP contribution >= 0.6 is 11.6 Å². The Morgan fingerprint density at radius 2 is 1.07 bits per heavy atom. The normalized spacial score (nSPS) is 18.9. The fourth-order valence-electron chi connectivity index (χ4n) is 5.60. The molecule has 0 nitrogen and oxygen atoms in total. The molecule has 130 valence electrons. The van der Waals surface area contributed by atoms with Crippen molar-refractivity contribution in [1.29, 1.82) is 0 Å². The number of halogens is 1. The van der Waals surface area contributed by atoms with Crippen molar-refractivity contribution in [3.63, 3.8) is 0 Å². The third-order valence-corrected chi connectivity index (χ3v) is 6.89. The number of hydrogen-bond acceptors (Lipinski definition) is 0. The van der Waals surface area contributed by atoms with E-state index in [1.807, 2.05) is 0 Å². The molecule has 0 heterocycles. The molecule has 0 saturated carbocycles. The number of rotatable bonds is 1. The van der Waals surface area contributed by atoms with E-state index < -0.39 is 0 Å². The van der Waals surface area contributed by atoms with Gasteiger partial charge in [-0.1, -0.05) is 72.8 Å². The molecule has 7 rings (SSSR count). The van der Waals surface area contributed by atoms with Crippen LogP contribution in [-0.2, 0) is 5.88 Å². The van der Waals surface area contributed by atoms with Crippen molar-refractivity contribution in [2.45, 2.75) is 24.6 Å². The summed E-state index contributed by atoms with van der Waals surface area (Å²) in [7, 11) is 0. The molecule has 0 spiro atoms. The van der Waals surface area contributed by atoms with Gasteiger partial charge in [-0.05, 0) is 62.2 Å². The van der Waals surface area contributed by atoms with Gasteiger partial charge in [0.25, 0.3) is 0 Å². The molecule has 0 unspecified atom stereocenters. The van der Waals surface area contributed by atoms with Crippen LogP contribution < -0.4 is 0 Å². The first-order chi connectivity index (χ1) is 13.3. The molecule has 1 heteroatoms. The van der Waals surface area contributed by atoms with Crippen molar-refractivity contribution in [2.75, 3.05) is 0 Å². The Labute approximate surface area is 164 Å². The molecule has 27 heavy (non-hydrogen) atoms. The molecule has 0 radical (unpaired) electrons. The van der Waals surface area contributed by atoms with Crippen LogP contribution in [0.25, 0.3) is 10.8 Å². The van der Waals surface area contributed by atoms with Gasteiger partial charge in [-0.15, -0.1) is 11.6 Å². The van der Waals surface area contributed by atoms with Gasteiger partial charge in [0.2, 0.25) is 0 Å². The van der Waals surface area contributed by atoms with Gasteiger partial charge in [0.1, 0.15) is 0 Å². The summed E-state index contributed by atoms with van der Waals surface area (Å²) in [5.74, 6) is 1.15. The molecule has 0 N–H and O–H groups in total. The van der Waals surface area contributed by atoms with Crippen LogP contribution in [0.1, 0.15) is 56.3 Å². The Hall–Kier alpha value is -2.57. The topological polar surface area (TPSA) is 0 Å². The van der Waals surface area contributed by atoms with Crippen molar-refractivity contribution in [2.24, 2.45) is 0 Å². The van der Waals surface area contributed by atoms with Crippen molar-refractivity contribution in [3.8, 4) is 0 Å². The summed E-state index contributed by atoms with van der Waals surface area (Å²) in [6.45, 7) is 2.30. The second-order valence-electron chi connectivity index (χ2n) is 7.73. The van der Waals surface area contributed by atoms with Gasteiger partial charge in [-0.2, -0.15) is 0 Å². The average molecular weight is 367 g/mol. The lowest BCUT2D eigenvalue weighted by atomic mass is 9.59. The van der Waals surface area contributed by atoms with Crippen LogP contribution in [0.4, 0.5) is 0 Å². The molecular weight excluding hydrogens is 348 g/mol. The Bertz CT molecular complexity index is 1190. The van der Waals surface area contributed by atoms with E-state index >= 15 is 0 Å². The highest BCUT2D eigenvalue weighted by molar-refractivity contribution is 6.18. The van der Waals surface area contributed by atoms with Gasteiger partial charge in [-0.3, -0.25) is 0 Å². The second kappa shape index (κ2) is 5.47. The zero-order valence-corrected chi connectivity index (χ0v) is 15.9. The fourth-order valence-corrected chi connectivity index (χ4v) is 5.89. The Morgan fingerprint density at radius 1 is 0.630 bits per heavy atom. The SMILES string of the molecule is Cc1c2c(c(CCl)c3ccccc13)C1c3ccccc3C2c2ccccc21. The van der Waals surface area contributed by atoms with Crippen LogP contribution in [0.2, 0.25) is 0 Å². The van der Waals surface area contributed by atoms with Crippen LogP contribution in [0.3, 0.4) is 0 Å². The summed E-state index contributed by atoms with van der Waals surface area (Å²) in [6.07, 6.45) is 0. The minimum absolute atomic E-state index is 0.287. The molecule has 0 amide bonds. The molecule has 2 bridgehead atoms. The lowest BCUT2D eigenvalue weighted by Crippen LogP contribution is -2.29. The standard InChI is InChI=1S/C26H19Cl/c1-15-16-8-2-3-9-17(16)22(14-27)26-23(15)24-18-10-4-6-12-20(18)25(26)21-13-7-5-11-19(21)24/h2-13,24-25H,14H2,1H3. The Balaban J connectivity index is 1.83. The average Bonchev–Trinajstić information content (AvgIpc) is 2.74. The maximum Gasteiger partial charge on any atom is 0.0483 e. The first kappa shape index (κ1) is 15.5. The van der Waals surface area contributed by atoms with Gasteiger partial charge < -0.3 is 0 Å². The highest BCUT2D eigenvalue weighted by Crippen LogP contribution is 2.58. The fraction of sp³-hybridized carbons (Fsp3) is 0.154. The summed E-state index contributed by atoms with van der Waals surface area (Å²) in [6, 6.07) is 26.7. The van der Waals surface area contributed by atoms with Crippen molar-refractivity contribution in [3.05, 3.63) is 117 Å². The Morgan fingerprint density at radius 3 is 1.59 bits per heavy atom. The molecule has 3 aliphatic rings. The van der Waals surface area contributed by atoms with Crippen molar-refractivity contribution >= 4 is 22.4 Å². The number of benzene rings is 4. The van der Waals surface area contributed by atoms with Gasteiger partial charge in [0, 0.05) is 17.7 Å². The van der Waals surface area contributed by atoms with E-state index in [0.717, 1.165) is 0 Å². The number of fused-ring (bicyclic) bond motifs is 1. The van der Waals surface area contributed by atoms with Crippen LogP contribution in [0.5, 0.6) is 0 Å². The van der Waals surface area contributed by atoms with E-state index in [1.54, 1.807) is 0 Å². The second-order valence-corrected chi connectivity index (χ2v) is 8.00. The smallest absolute Gasteiger partial charge is 0.0483 e. The lowest BCUT2D eigenvalue weighted by Gasteiger charge is -2.44. The monoisotopic (exact) mass is 366 g/mol. The highest BCUT2D eigenvalue weighted by Gasteiger charge is 2.43. The van der Waals surface area contributed by atoms with E-state index in [9.17, 15) is 0 Å². The predicted molar refractivity (Wildman–Crippen MR) is 113 cm³/mol. The van der Waals surface area contributed by atoms with Crippen LogP contribution in [0, 0.1) is 6.92 Å². The molecule has 0 fully saturated rings. The third-order valence-electron chi connectivity index (χ3n) is 6.62. The number of aryl methyl sites for hydroxylation is 1. The van der Waals surface area contributed by atoms with Crippen molar-refractivity contribution in [1.82, 2.24) is 0 Å². The van der Waals surface area contributed by atoms with Gasteiger partial charge >= 0.3 is 0 Å². The predicted octanol–water partition coefficient (Wildman–Crippen LogP) is 6.87. The lowest BCUT2D eigenvalue weighted by molar-refractivity contribution is 0.745. The van der Waals surface area contributed by atoms with Crippen LogP contribution in [0.15, 0.2) is 72.8 Å². The number of alkyl halides is 1. The first-order valence-corrected chi connectivity index (χ1v) is 10.1. The van der Waals surface area contributed by atoms with E-state index in [1.165, 1.54) is 55.3 Å². The Kier molecular flexibility index (Phi) is 3.14. The first-order valence-electron chi connectivity index (χ1n) is 9.58. The van der Waals surface area contributed by atoms with E-state index in [0.29, 0.717) is 11.8 Å². The molecule has 0 aromatic heterocycles. The molecule has 0 atom stereocenters. The largest absolute Gasteiger partial charge is 0.122 e. The molecule has 3 aliphatic carbocycles. The maximum atomic E-state index is 6.59. The van der Waals surface area contributed by atoms with E-state index in [-0.39, 0.29) is 5.92 Å². The molecular formula is C26H19Cl. The minimum Gasteiger partial charge on any atom is -0.122 e. The van der Waals surface area contributed by atoms with Gasteiger partial charge in [0.15, 0.2) is 0 Å². The van der Waals surface area contributed by atoms with Gasteiger partial charge in [-0.25, -0.2) is 0 Å². The van der Waals surface area contributed by atoms with E-state index in [4.69, 9.17) is 11.6 Å². The zero-order valence-electron chi connectivity index (χ0n) is 15.2. The summed E-state index contributed by atoms with van der Waals surface area (Å²) in [4.78, 5) is 0. The van der Waals surface area contributed by atoms with E-state index in [2.05, 4.69) is 79.7 Å². The van der Waals surface area contributed by atoms with Crippen LogP contribution in [-0.4, -0.2) is 0 Å². The quantitative estimate of drug-likeness (QED) is 0.278. The summed E-state index contributed by atoms with van der Waals surface area (Å²) in [5, 5.41) is 2.65. The number of hydrogen-bond donors (Lipinski definition) is 0. The summed E-state index contributed by atoms with van der Waals surface area (Å²) in [5.41, 5.74) is 11.5. The van der Waals surface area contributed by atoms with Crippen molar-refractivity contribution < 1.29 is 0 Å². The van der Waals surface area contributed by atoms with Gasteiger partial charge in [0.05, 0.1) is 0 Å². The maximum absolute atomic E-state index is 6.59. The third kappa shape index (κ3) is 1.84. The highest BCUT2D eigenvalue weighted by atomic mass is 35.5. The molecule has 0 aliphatic heterocycles. The minimum atomic E-state index is 0.287.